The maximum atomic E-state index is 11.7. The van der Waals surface area contributed by atoms with Crippen molar-refractivity contribution in [3.05, 3.63) is 71.1 Å². The molecule has 1 aromatic heterocycles. The summed E-state index contributed by atoms with van der Waals surface area (Å²) in [7, 11) is 1.32. The summed E-state index contributed by atoms with van der Waals surface area (Å²) in [6.45, 7) is 2.20. The molecule has 2 N–H and O–H groups in total. The van der Waals surface area contributed by atoms with Crippen molar-refractivity contribution < 1.29 is 19.7 Å². The van der Waals surface area contributed by atoms with Crippen LogP contribution in [0.1, 0.15) is 85.3 Å². The molecule has 162 valence electrons. The second-order valence-corrected chi connectivity index (χ2v) is 7.49. The lowest BCUT2D eigenvalue weighted by Gasteiger charge is -2.12. The molecular formula is C25H33NO4. The normalized spacial score (nSPS) is 13.3. The number of methoxy groups -OCH3 is 1. The molecule has 30 heavy (non-hydrogen) atoms. The summed E-state index contributed by atoms with van der Waals surface area (Å²) in [5, 5.41) is 20.9. The molecule has 0 spiro atoms. The van der Waals surface area contributed by atoms with Crippen LogP contribution in [0.25, 0.3) is 6.08 Å². The first-order valence-corrected chi connectivity index (χ1v) is 10.7. The number of hydrogen-bond acceptors (Lipinski definition) is 5. The zero-order valence-corrected chi connectivity index (χ0v) is 18.0. The van der Waals surface area contributed by atoms with Gasteiger partial charge in [-0.2, -0.15) is 0 Å². The predicted molar refractivity (Wildman–Crippen MR) is 119 cm³/mol. The van der Waals surface area contributed by atoms with E-state index >= 15 is 0 Å². The van der Waals surface area contributed by atoms with E-state index in [-0.39, 0.29) is 0 Å². The van der Waals surface area contributed by atoms with Gasteiger partial charge in [0.05, 0.1) is 30.2 Å². The Kier molecular flexibility index (Phi) is 10.3. The second kappa shape index (κ2) is 12.9. The zero-order valence-electron chi connectivity index (χ0n) is 18.0. The molecule has 0 aliphatic carbocycles. The van der Waals surface area contributed by atoms with E-state index in [4.69, 9.17) is 4.74 Å². The number of ether oxygens (including phenoxy) is 1. The topological polar surface area (TPSA) is 79.7 Å². The molecule has 5 heteroatoms. The van der Waals surface area contributed by atoms with E-state index in [1.807, 2.05) is 12.1 Å². The zero-order chi connectivity index (χ0) is 21.8. The number of aliphatic hydroxyl groups is 2. The number of unbranched alkanes of at least 4 members (excludes halogenated alkanes) is 5. The highest BCUT2D eigenvalue weighted by molar-refractivity contribution is 5.89. The fraction of sp³-hybridized carbons (Fsp3) is 0.440. The molecule has 1 aromatic carbocycles. The first-order valence-electron chi connectivity index (χ1n) is 10.7. The van der Waals surface area contributed by atoms with Gasteiger partial charge in [-0.3, -0.25) is 4.98 Å². The number of hydrogen-bond donors (Lipinski definition) is 2. The van der Waals surface area contributed by atoms with E-state index in [0.29, 0.717) is 22.5 Å². The van der Waals surface area contributed by atoms with Gasteiger partial charge < -0.3 is 14.9 Å². The summed E-state index contributed by atoms with van der Waals surface area (Å²) in [5.74, 6) is -0.451. The van der Waals surface area contributed by atoms with Crippen LogP contribution in [0.2, 0.25) is 0 Å². The quantitative estimate of drug-likeness (QED) is 0.376. The van der Waals surface area contributed by atoms with Crippen molar-refractivity contribution in [3.8, 4) is 0 Å². The maximum absolute atomic E-state index is 11.7. The molecule has 0 bridgehead atoms. The number of aromatic nitrogens is 1. The fourth-order valence-corrected chi connectivity index (χ4v) is 3.28. The summed E-state index contributed by atoms with van der Waals surface area (Å²) in [6.07, 6.45) is 9.99. The average molecular weight is 412 g/mol. The van der Waals surface area contributed by atoms with Crippen molar-refractivity contribution in [1.82, 2.24) is 4.98 Å². The molecule has 2 rings (SSSR count). The number of carbonyl (C=O) groups is 1. The van der Waals surface area contributed by atoms with Crippen LogP contribution in [-0.2, 0) is 4.74 Å². The Hall–Kier alpha value is -2.50. The van der Waals surface area contributed by atoms with Crippen molar-refractivity contribution in [2.24, 2.45) is 0 Å². The van der Waals surface area contributed by atoms with Gasteiger partial charge in [0, 0.05) is 0 Å². The van der Waals surface area contributed by atoms with Crippen LogP contribution in [-0.4, -0.2) is 34.4 Å². The molecule has 1 heterocycles. The third-order valence-electron chi connectivity index (χ3n) is 5.04. The monoisotopic (exact) mass is 411 g/mol. The number of nitrogens with zero attached hydrogens (tertiary/aromatic N) is 1. The van der Waals surface area contributed by atoms with Crippen LogP contribution < -0.4 is 0 Å². The lowest BCUT2D eigenvalue weighted by Crippen LogP contribution is -2.06. The average Bonchev–Trinajstić information content (AvgIpc) is 2.79. The highest BCUT2D eigenvalue weighted by Gasteiger charge is 2.15. The Bertz CT molecular complexity index is 818. The van der Waals surface area contributed by atoms with Crippen molar-refractivity contribution >= 4 is 12.0 Å². The van der Waals surface area contributed by atoms with Crippen LogP contribution >= 0.6 is 0 Å². The highest BCUT2D eigenvalue weighted by atomic mass is 16.5. The van der Waals surface area contributed by atoms with E-state index in [0.717, 1.165) is 19.3 Å². The molecule has 5 nitrogen and oxygen atoms in total. The molecule has 0 saturated heterocycles. The second-order valence-electron chi connectivity index (χ2n) is 7.49. The number of pyridine rings is 1. The van der Waals surface area contributed by atoms with Gasteiger partial charge in [-0.05, 0) is 42.3 Å². The lowest BCUT2D eigenvalue weighted by atomic mass is 10.0. The molecule has 0 aliphatic rings. The van der Waals surface area contributed by atoms with Gasteiger partial charge in [0.2, 0.25) is 0 Å². The number of carbonyl (C=O) groups excluding carboxylic acids is 1. The molecule has 0 amide bonds. The third kappa shape index (κ3) is 7.73. The lowest BCUT2D eigenvalue weighted by molar-refractivity contribution is 0.0600. The molecule has 2 aromatic rings. The maximum Gasteiger partial charge on any atom is 0.337 e. The van der Waals surface area contributed by atoms with E-state index in [1.165, 1.54) is 32.8 Å². The largest absolute Gasteiger partial charge is 0.465 e. The van der Waals surface area contributed by atoms with Crippen molar-refractivity contribution in [2.45, 2.75) is 64.1 Å². The number of benzene rings is 1. The number of aliphatic hydroxyl groups excluding tert-OH is 2. The van der Waals surface area contributed by atoms with Crippen LogP contribution in [0.5, 0.6) is 0 Å². The van der Waals surface area contributed by atoms with Gasteiger partial charge in [-0.25, -0.2) is 4.79 Å². The highest BCUT2D eigenvalue weighted by Crippen LogP contribution is 2.22. The van der Waals surface area contributed by atoms with Gasteiger partial charge in [0.15, 0.2) is 0 Å². The predicted octanol–water partition coefficient (Wildman–Crippen LogP) is 5.07. The Balaban J connectivity index is 1.95. The van der Waals surface area contributed by atoms with Gasteiger partial charge in [-0.15, -0.1) is 0 Å². The first-order chi connectivity index (χ1) is 14.5. The molecule has 0 fully saturated rings. The summed E-state index contributed by atoms with van der Waals surface area (Å²) >= 11 is 0. The summed E-state index contributed by atoms with van der Waals surface area (Å²) in [5.41, 5.74) is 2.08. The van der Waals surface area contributed by atoms with Gasteiger partial charge in [-0.1, -0.05) is 69.7 Å². The van der Waals surface area contributed by atoms with Crippen LogP contribution in [0.15, 0.2) is 48.5 Å². The molecule has 0 aliphatic heterocycles. The summed E-state index contributed by atoms with van der Waals surface area (Å²) < 4.78 is 4.73. The number of esters is 1. The van der Waals surface area contributed by atoms with Gasteiger partial charge in [0.25, 0.3) is 0 Å². The van der Waals surface area contributed by atoms with Crippen LogP contribution in [0.3, 0.4) is 0 Å². The molecule has 0 saturated carbocycles. The fourth-order valence-electron chi connectivity index (χ4n) is 3.28. The minimum atomic E-state index is -0.962. The van der Waals surface area contributed by atoms with Gasteiger partial charge >= 0.3 is 5.97 Å². The van der Waals surface area contributed by atoms with Crippen molar-refractivity contribution in [2.75, 3.05) is 7.11 Å². The minimum absolute atomic E-state index is 0.378. The third-order valence-corrected chi connectivity index (χ3v) is 5.04. The number of rotatable bonds is 12. The van der Waals surface area contributed by atoms with Gasteiger partial charge in [0.1, 0.15) is 6.10 Å². The molecular weight excluding hydrogens is 378 g/mol. The Labute approximate surface area is 179 Å². The summed E-state index contributed by atoms with van der Waals surface area (Å²) in [6, 6.07) is 12.1. The minimum Gasteiger partial charge on any atom is -0.465 e. The standard InChI is InChI=1S/C25H33NO4/c1-3-4-5-6-7-8-14-22(27)17-16-21-13-10-15-23(26-21)24(28)19-11-9-12-20(18-19)25(29)30-2/h9-13,15-18,22,24,27-28H,3-8,14H2,1-2H3. The van der Waals surface area contributed by atoms with E-state index in [2.05, 4.69) is 11.9 Å². The first kappa shape index (κ1) is 23.8. The molecule has 2 unspecified atom stereocenters. The Morgan fingerprint density at radius 2 is 1.80 bits per heavy atom. The smallest absolute Gasteiger partial charge is 0.337 e. The Morgan fingerprint density at radius 1 is 1.07 bits per heavy atom. The Morgan fingerprint density at radius 3 is 2.57 bits per heavy atom. The molecule has 2 atom stereocenters. The molecule has 0 radical (unpaired) electrons. The SMILES string of the molecule is CCCCCCCCC(O)C=Cc1cccc(C(O)c2cccc(C(=O)OC)c2)n1. The van der Waals surface area contributed by atoms with E-state index in [9.17, 15) is 15.0 Å². The summed E-state index contributed by atoms with van der Waals surface area (Å²) in [4.78, 5) is 16.2. The van der Waals surface area contributed by atoms with E-state index < -0.39 is 18.2 Å². The van der Waals surface area contributed by atoms with Crippen LogP contribution in [0, 0.1) is 0 Å². The van der Waals surface area contributed by atoms with Crippen LogP contribution in [0.4, 0.5) is 0 Å². The van der Waals surface area contributed by atoms with Crippen molar-refractivity contribution in [3.63, 3.8) is 0 Å². The van der Waals surface area contributed by atoms with E-state index in [1.54, 1.807) is 42.5 Å². The van der Waals surface area contributed by atoms with Crippen molar-refractivity contribution in [1.29, 1.82) is 0 Å².